The molecule has 1 aromatic rings. The molecule has 4 nitrogen and oxygen atoms in total. The average molecular weight is 265 g/mol. The lowest BCUT2D eigenvalue weighted by molar-refractivity contribution is 1.05. The molecule has 0 spiro atoms. The highest BCUT2D eigenvalue weighted by Crippen LogP contribution is 2.31. The van der Waals surface area contributed by atoms with Crippen LogP contribution in [0.25, 0.3) is 5.57 Å². The lowest BCUT2D eigenvalue weighted by atomic mass is 10.1. The van der Waals surface area contributed by atoms with Crippen LogP contribution in [0.3, 0.4) is 0 Å². The molecule has 0 radical (unpaired) electrons. The van der Waals surface area contributed by atoms with Crippen LogP contribution in [-0.4, -0.2) is 9.97 Å². The molecule has 1 N–H and O–H groups in total. The molecular formula is C11H9ClN4S. The lowest BCUT2D eigenvalue weighted by Gasteiger charge is -2.07. The molecule has 86 valence electrons. The molecule has 1 aliphatic rings. The highest BCUT2D eigenvalue weighted by Gasteiger charge is 2.17. The van der Waals surface area contributed by atoms with Crippen molar-refractivity contribution in [1.82, 2.24) is 15.3 Å². The van der Waals surface area contributed by atoms with Gasteiger partial charge < -0.3 is 5.32 Å². The van der Waals surface area contributed by atoms with Gasteiger partial charge in [0.05, 0.1) is 10.7 Å². The summed E-state index contributed by atoms with van der Waals surface area (Å²) in [6.45, 7) is 3.79. The molecular weight excluding hydrogens is 256 g/mol. The summed E-state index contributed by atoms with van der Waals surface area (Å²) in [7, 11) is 0. The maximum atomic E-state index is 9.25. The van der Waals surface area contributed by atoms with Crippen molar-refractivity contribution in [3.63, 3.8) is 0 Å². The highest BCUT2D eigenvalue weighted by molar-refractivity contribution is 8.06. The molecule has 2 heterocycles. The molecule has 0 fully saturated rings. The first kappa shape index (κ1) is 12.0. The summed E-state index contributed by atoms with van der Waals surface area (Å²) in [5, 5.41) is 15.3. The van der Waals surface area contributed by atoms with Crippen molar-refractivity contribution in [3.8, 4) is 6.07 Å². The third kappa shape index (κ3) is 2.43. The Balaban J connectivity index is 2.51. The Labute approximate surface area is 108 Å². The van der Waals surface area contributed by atoms with Crippen LogP contribution in [0.15, 0.2) is 22.3 Å². The Bertz CT molecular complexity index is 571. The summed E-state index contributed by atoms with van der Waals surface area (Å²) in [5.74, 6) is 0. The number of aromatic nitrogens is 2. The maximum Gasteiger partial charge on any atom is 0.222 e. The molecule has 0 amide bonds. The minimum absolute atomic E-state index is 0.145. The fraction of sp³-hybridized carbons (Fsp3) is 0.182. The van der Waals surface area contributed by atoms with Crippen LogP contribution >= 0.6 is 23.4 Å². The van der Waals surface area contributed by atoms with Crippen LogP contribution in [0.1, 0.15) is 18.2 Å². The Morgan fingerprint density at radius 3 is 2.88 bits per heavy atom. The number of nitrogens with one attached hydrogen (secondary N) is 1. The van der Waals surface area contributed by atoms with E-state index >= 15 is 0 Å². The molecule has 0 unspecified atom stereocenters. The number of thioether (sulfide) groups is 1. The summed E-state index contributed by atoms with van der Waals surface area (Å²) in [4.78, 5) is 7.99. The molecule has 2 rings (SSSR count). The van der Waals surface area contributed by atoms with Gasteiger partial charge in [-0.1, -0.05) is 11.8 Å². The average Bonchev–Trinajstić information content (AvgIpc) is 2.71. The lowest BCUT2D eigenvalue weighted by Crippen LogP contribution is -2.06. The van der Waals surface area contributed by atoms with Crippen LogP contribution in [0, 0.1) is 18.3 Å². The van der Waals surface area contributed by atoms with E-state index in [1.54, 1.807) is 6.20 Å². The maximum absolute atomic E-state index is 9.25. The predicted molar refractivity (Wildman–Crippen MR) is 68.8 cm³/mol. The summed E-state index contributed by atoms with van der Waals surface area (Å²) in [6.07, 6.45) is 1.61. The van der Waals surface area contributed by atoms with E-state index in [4.69, 9.17) is 11.6 Å². The Kier molecular flexibility index (Phi) is 3.36. The van der Waals surface area contributed by atoms with Crippen molar-refractivity contribution >= 4 is 28.9 Å². The van der Waals surface area contributed by atoms with Crippen LogP contribution in [0.5, 0.6) is 0 Å². The van der Waals surface area contributed by atoms with Crippen LogP contribution in [-0.2, 0) is 0 Å². The number of allylic oxidation sites excluding steroid dienone is 2. The summed E-state index contributed by atoms with van der Waals surface area (Å²) < 4.78 is 0. The summed E-state index contributed by atoms with van der Waals surface area (Å²) >= 11 is 7.23. The number of aryl methyl sites for hydroxylation is 1. The molecule has 0 atom stereocenters. The third-order valence-corrected chi connectivity index (χ3v) is 3.38. The second-order valence-corrected chi connectivity index (χ2v) is 4.75. The monoisotopic (exact) mass is 264 g/mol. The van der Waals surface area contributed by atoms with E-state index in [2.05, 4.69) is 21.4 Å². The van der Waals surface area contributed by atoms with Crippen molar-refractivity contribution in [1.29, 1.82) is 5.26 Å². The Morgan fingerprint density at radius 2 is 2.29 bits per heavy atom. The van der Waals surface area contributed by atoms with Crippen LogP contribution in [0.4, 0.5) is 0 Å². The fourth-order valence-corrected chi connectivity index (χ4v) is 2.36. The van der Waals surface area contributed by atoms with E-state index in [1.165, 1.54) is 11.8 Å². The van der Waals surface area contributed by atoms with Crippen molar-refractivity contribution < 1.29 is 0 Å². The van der Waals surface area contributed by atoms with Gasteiger partial charge in [0.2, 0.25) is 5.28 Å². The minimum atomic E-state index is 0.145. The Morgan fingerprint density at radius 1 is 1.53 bits per heavy atom. The van der Waals surface area contributed by atoms with Gasteiger partial charge in [-0.3, -0.25) is 0 Å². The predicted octanol–water partition coefficient (Wildman–Crippen LogP) is 2.83. The van der Waals surface area contributed by atoms with Gasteiger partial charge in [0.1, 0.15) is 11.6 Å². The quantitative estimate of drug-likeness (QED) is 0.624. The summed E-state index contributed by atoms with van der Waals surface area (Å²) in [5.41, 5.74) is 2.90. The third-order valence-electron chi connectivity index (χ3n) is 2.18. The van der Waals surface area contributed by atoms with Gasteiger partial charge in [0.15, 0.2) is 0 Å². The van der Waals surface area contributed by atoms with Gasteiger partial charge in [0, 0.05) is 11.9 Å². The van der Waals surface area contributed by atoms with E-state index in [9.17, 15) is 5.26 Å². The summed E-state index contributed by atoms with van der Waals surface area (Å²) in [6, 6.07) is 2.16. The van der Waals surface area contributed by atoms with Gasteiger partial charge in [0.25, 0.3) is 0 Å². The molecule has 0 saturated carbocycles. The second-order valence-electron chi connectivity index (χ2n) is 3.53. The van der Waals surface area contributed by atoms with E-state index in [1.807, 2.05) is 19.3 Å². The van der Waals surface area contributed by atoms with Crippen LogP contribution < -0.4 is 5.32 Å². The first-order chi connectivity index (χ1) is 8.11. The van der Waals surface area contributed by atoms with Crippen molar-refractivity contribution in [2.75, 3.05) is 0 Å². The van der Waals surface area contributed by atoms with E-state index in [0.717, 1.165) is 16.3 Å². The molecule has 0 aromatic carbocycles. The molecule has 0 saturated heterocycles. The molecule has 1 aromatic heterocycles. The minimum Gasteiger partial charge on any atom is -0.352 e. The second kappa shape index (κ2) is 4.78. The molecule has 17 heavy (non-hydrogen) atoms. The number of rotatable bonds is 1. The normalized spacial score (nSPS) is 17.2. The zero-order chi connectivity index (χ0) is 12.4. The van der Waals surface area contributed by atoms with Crippen molar-refractivity contribution in [3.05, 3.63) is 38.9 Å². The number of hydrogen-bond donors (Lipinski definition) is 1. The van der Waals surface area contributed by atoms with Crippen molar-refractivity contribution in [2.45, 2.75) is 13.8 Å². The SMILES string of the molecule is CC1=CS/C(=C(/C#N)c2nc(Cl)ncc2C)N1. The molecule has 0 aliphatic carbocycles. The number of nitrogens with zero attached hydrogens (tertiary/aromatic N) is 3. The van der Waals surface area contributed by atoms with E-state index in [-0.39, 0.29) is 5.28 Å². The molecule has 0 bridgehead atoms. The van der Waals surface area contributed by atoms with E-state index < -0.39 is 0 Å². The van der Waals surface area contributed by atoms with E-state index in [0.29, 0.717) is 11.3 Å². The number of hydrogen-bond acceptors (Lipinski definition) is 5. The topological polar surface area (TPSA) is 61.6 Å². The Hall–Kier alpha value is -1.51. The van der Waals surface area contributed by atoms with Crippen LogP contribution in [0.2, 0.25) is 5.28 Å². The number of nitriles is 1. The van der Waals surface area contributed by atoms with Gasteiger partial charge >= 0.3 is 0 Å². The first-order valence-corrected chi connectivity index (χ1v) is 6.12. The van der Waals surface area contributed by atoms with Crippen molar-refractivity contribution in [2.24, 2.45) is 0 Å². The zero-order valence-electron chi connectivity index (χ0n) is 9.28. The van der Waals surface area contributed by atoms with Gasteiger partial charge in [-0.05, 0) is 36.4 Å². The van der Waals surface area contributed by atoms with Gasteiger partial charge in [-0.25, -0.2) is 9.97 Å². The molecule has 1 aliphatic heterocycles. The number of halogens is 1. The molecule has 6 heteroatoms. The van der Waals surface area contributed by atoms with Gasteiger partial charge in [-0.2, -0.15) is 5.26 Å². The fourth-order valence-electron chi connectivity index (χ4n) is 1.39. The highest BCUT2D eigenvalue weighted by atomic mass is 35.5. The van der Waals surface area contributed by atoms with Gasteiger partial charge in [-0.15, -0.1) is 0 Å². The standard InChI is InChI=1S/C11H9ClN4S/c1-6-4-14-11(12)16-9(6)8(3-13)10-15-7(2)5-17-10/h4-5,15H,1-2H3/b10-8-. The first-order valence-electron chi connectivity index (χ1n) is 4.86. The smallest absolute Gasteiger partial charge is 0.222 e. The zero-order valence-corrected chi connectivity index (χ0v) is 10.9. The largest absolute Gasteiger partial charge is 0.352 e.